The van der Waals surface area contributed by atoms with Gasteiger partial charge in [0.25, 0.3) is 0 Å². The monoisotopic (exact) mass is 235 g/mol. The fraction of sp³-hybridized carbons (Fsp3) is 0.500. The molecule has 0 bridgehead atoms. The summed E-state index contributed by atoms with van der Waals surface area (Å²) in [4.78, 5) is 10.8. The van der Waals surface area contributed by atoms with Crippen molar-refractivity contribution in [1.29, 1.82) is 0 Å². The SMILES string of the molecule is Cc1ccc(C(C)(C)C)cc1CC(N)C(=O)O. The molecular weight excluding hydrogens is 214 g/mol. The number of benzene rings is 1. The van der Waals surface area contributed by atoms with E-state index in [0.717, 1.165) is 11.1 Å². The highest BCUT2D eigenvalue weighted by Crippen LogP contribution is 2.24. The molecule has 0 saturated heterocycles. The molecule has 1 aromatic carbocycles. The first kappa shape index (κ1) is 13.7. The number of carboxylic acid groups (broad SMARTS) is 1. The maximum absolute atomic E-state index is 10.8. The van der Waals surface area contributed by atoms with E-state index >= 15 is 0 Å². The Labute approximate surface area is 103 Å². The summed E-state index contributed by atoms with van der Waals surface area (Å²) in [5.74, 6) is -0.953. The normalized spacial score (nSPS) is 13.5. The van der Waals surface area contributed by atoms with E-state index in [1.807, 2.05) is 13.0 Å². The van der Waals surface area contributed by atoms with Crippen LogP contribution in [0.25, 0.3) is 0 Å². The molecule has 0 aliphatic carbocycles. The number of nitrogens with two attached hydrogens (primary N) is 1. The van der Waals surface area contributed by atoms with Gasteiger partial charge < -0.3 is 10.8 Å². The summed E-state index contributed by atoms with van der Waals surface area (Å²) < 4.78 is 0. The molecule has 94 valence electrons. The summed E-state index contributed by atoms with van der Waals surface area (Å²) in [5, 5.41) is 8.84. The number of hydrogen-bond donors (Lipinski definition) is 2. The van der Waals surface area contributed by atoms with Crippen LogP contribution >= 0.6 is 0 Å². The van der Waals surface area contributed by atoms with Crippen LogP contribution in [0.1, 0.15) is 37.5 Å². The van der Waals surface area contributed by atoms with Crippen LogP contribution in [0.4, 0.5) is 0 Å². The fourth-order valence-corrected chi connectivity index (χ4v) is 1.68. The van der Waals surface area contributed by atoms with Gasteiger partial charge in [-0.25, -0.2) is 0 Å². The molecule has 17 heavy (non-hydrogen) atoms. The molecule has 0 heterocycles. The van der Waals surface area contributed by atoms with E-state index in [9.17, 15) is 4.79 Å². The standard InChI is InChI=1S/C14H21NO2/c1-9-5-6-11(14(2,3)4)7-10(9)8-12(15)13(16)17/h5-7,12H,8,15H2,1-4H3,(H,16,17). The summed E-state index contributed by atoms with van der Waals surface area (Å²) in [7, 11) is 0. The first-order valence-electron chi connectivity index (χ1n) is 5.80. The minimum Gasteiger partial charge on any atom is -0.480 e. The van der Waals surface area contributed by atoms with Crippen LogP contribution in [0.3, 0.4) is 0 Å². The fourth-order valence-electron chi connectivity index (χ4n) is 1.68. The minimum atomic E-state index is -0.953. The Kier molecular flexibility index (Phi) is 3.94. The number of rotatable bonds is 3. The van der Waals surface area contributed by atoms with Crippen LogP contribution in [0.15, 0.2) is 18.2 Å². The smallest absolute Gasteiger partial charge is 0.320 e. The second-order valence-electron chi connectivity index (χ2n) is 5.54. The molecule has 0 aliphatic heterocycles. The number of carboxylic acids is 1. The van der Waals surface area contributed by atoms with Crippen LogP contribution in [0, 0.1) is 6.92 Å². The molecular formula is C14H21NO2. The highest BCUT2D eigenvalue weighted by Gasteiger charge is 2.17. The Morgan fingerprint density at radius 2 is 2.00 bits per heavy atom. The third-order valence-corrected chi connectivity index (χ3v) is 2.97. The maximum atomic E-state index is 10.8. The summed E-state index contributed by atoms with van der Waals surface area (Å²) >= 11 is 0. The molecule has 1 rings (SSSR count). The zero-order valence-corrected chi connectivity index (χ0v) is 10.9. The molecule has 1 unspecified atom stereocenters. The van der Waals surface area contributed by atoms with E-state index in [2.05, 4.69) is 32.9 Å². The van der Waals surface area contributed by atoms with Gasteiger partial charge in [-0.15, -0.1) is 0 Å². The number of carbonyl (C=O) groups is 1. The Balaban J connectivity index is 3.03. The van der Waals surface area contributed by atoms with Gasteiger partial charge in [-0.1, -0.05) is 39.0 Å². The van der Waals surface area contributed by atoms with E-state index in [1.54, 1.807) is 0 Å². The van der Waals surface area contributed by atoms with E-state index in [4.69, 9.17) is 10.8 Å². The van der Waals surface area contributed by atoms with Crippen molar-refractivity contribution in [2.45, 2.75) is 45.6 Å². The van der Waals surface area contributed by atoms with Gasteiger partial charge in [0.1, 0.15) is 6.04 Å². The summed E-state index contributed by atoms with van der Waals surface area (Å²) in [6, 6.07) is 5.36. The Morgan fingerprint density at radius 1 is 1.41 bits per heavy atom. The summed E-state index contributed by atoms with van der Waals surface area (Å²) in [5.41, 5.74) is 8.96. The Bertz CT molecular complexity index is 419. The second kappa shape index (κ2) is 4.88. The molecule has 0 spiro atoms. The minimum absolute atomic E-state index is 0.0652. The average Bonchev–Trinajstić information content (AvgIpc) is 2.19. The Hall–Kier alpha value is -1.35. The van der Waals surface area contributed by atoms with Gasteiger partial charge in [0.15, 0.2) is 0 Å². The molecule has 0 aliphatic rings. The summed E-state index contributed by atoms with van der Waals surface area (Å²) in [6.07, 6.45) is 0.380. The lowest BCUT2D eigenvalue weighted by molar-refractivity contribution is -0.138. The van der Waals surface area contributed by atoms with E-state index in [0.29, 0.717) is 6.42 Å². The van der Waals surface area contributed by atoms with Crippen molar-refractivity contribution in [2.75, 3.05) is 0 Å². The summed E-state index contributed by atoms with van der Waals surface area (Å²) in [6.45, 7) is 8.39. The largest absolute Gasteiger partial charge is 0.480 e. The average molecular weight is 235 g/mol. The van der Waals surface area contributed by atoms with Crippen LogP contribution < -0.4 is 5.73 Å². The lowest BCUT2D eigenvalue weighted by atomic mass is 9.84. The van der Waals surface area contributed by atoms with E-state index in [-0.39, 0.29) is 5.41 Å². The molecule has 0 radical (unpaired) electrons. The highest BCUT2D eigenvalue weighted by atomic mass is 16.4. The number of aliphatic carboxylic acids is 1. The zero-order chi connectivity index (χ0) is 13.2. The second-order valence-corrected chi connectivity index (χ2v) is 5.54. The molecule has 0 fully saturated rings. The molecule has 3 N–H and O–H groups in total. The molecule has 3 heteroatoms. The van der Waals surface area contributed by atoms with Crippen molar-refractivity contribution in [3.63, 3.8) is 0 Å². The lowest BCUT2D eigenvalue weighted by Gasteiger charge is -2.21. The van der Waals surface area contributed by atoms with Gasteiger partial charge in [-0.3, -0.25) is 4.79 Å². The van der Waals surface area contributed by atoms with E-state index in [1.165, 1.54) is 5.56 Å². The van der Waals surface area contributed by atoms with Gasteiger partial charge in [-0.2, -0.15) is 0 Å². The van der Waals surface area contributed by atoms with Crippen molar-refractivity contribution in [1.82, 2.24) is 0 Å². The van der Waals surface area contributed by atoms with E-state index < -0.39 is 12.0 Å². The quantitative estimate of drug-likeness (QED) is 0.844. The van der Waals surface area contributed by atoms with Crippen molar-refractivity contribution in [3.05, 3.63) is 34.9 Å². The van der Waals surface area contributed by atoms with Gasteiger partial charge in [-0.05, 0) is 35.4 Å². The molecule has 0 amide bonds. The van der Waals surface area contributed by atoms with Crippen molar-refractivity contribution >= 4 is 5.97 Å². The van der Waals surface area contributed by atoms with Crippen LogP contribution in [0.5, 0.6) is 0 Å². The molecule has 0 saturated carbocycles. The van der Waals surface area contributed by atoms with Gasteiger partial charge in [0.2, 0.25) is 0 Å². The van der Waals surface area contributed by atoms with Crippen molar-refractivity contribution < 1.29 is 9.90 Å². The first-order valence-corrected chi connectivity index (χ1v) is 5.80. The van der Waals surface area contributed by atoms with Crippen LogP contribution in [-0.2, 0) is 16.6 Å². The topological polar surface area (TPSA) is 63.3 Å². The predicted molar refractivity (Wildman–Crippen MR) is 69.2 cm³/mol. The van der Waals surface area contributed by atoms with Gasteiger partial charge >= 0.3 is 5.97 Å². The predicted octanol–water partition coefficient (Wildman–Crippen LogP) is 2.25. The zero-order valence-electron chi connectivity index (χ0n) is 10.9. The van der Waals surface area contributed by atoms with Gasteiger partial charge in [0.05, 0.1) is 0 Å². The molecule has 3 nitrogen and oxygen atoms in total. The van der Waals surface area contributed by atoms with Crippen LogP contribution in [0.2, 0.25) is 0 Å². The third kappa shape index (κ3) is 3.56. The maximum Gasteiger partial charge on any atom is 0.320 e. The number of aryl methyl sites for hydroxylation is 1. The van der Waals surface area contributed by atoms with Crippen molar-refractivity contribution in [2.24, 2.45) is 5.73 Å². The lowest BCUT2D eigenvalue weighted by Crippen LogP contribution is -2.32. The molecule has 0 aromatic heterocycles. The van der Waals surface area contributed by atoms with Crippen LogP contribution in [-0.4, -0.2) is 17.1 Å². The molecule has 1 atom stereocenters. The Morgan fingerprint density at radius 3 is 2.47 bits per heavy atom. The molecule has 1 aromatic rings. The van der Waals surface area contributed by atoms with Crippen molar-refractivity contribution in [3.8, 4) is 0 Å². The van der Waals surface area contributed by atoms with Gasteiger partial charge in [0, 0.05) is 0 Å². The number of hydrogen-bond acceptors (Lipinski definition) is 2. The highest BCUT2D eigenvalue weighted by molar-refractivity contribution is 5.73. The first-order chi connectivity index (χ1) is 7.71. The third-order valence-electron chi connectivity index (χ3n) is 2.97.